The molecule has 0 aromatic heterocycles. The first kappa shape index (κ1) is 7.81. The molecule has 0 aliphatic carbocycles. The Balaban J connectivity index is 3.03. The molecule has 0 aliphatic heterocycles. The molecule has 0 fully saturated rings. The zero-order valence-electron chi connectivity index (χ0n) is 5.71. The van der Waals surface area contributed by atoms with Gasteiger partial charge < -0.3 is 5.01 Å². The summed E-state index contributed by atoms with van der Waals surface area (Å²) >= 11 is 2.25. The van der Waals surface area contributed by atoms with E-state index in [1.54, 1.807) is 5.01 Å². The molecular formula is C7H9IN2. The molecule has 0 saturated heterocycles. The van der Waals surface area contributed by atoms with Gasteiger partial charge in [-0.25, -0.2) is 5.84 Å². The van der Waals surface area contributed by atoms with Crippen LogP contribution in [0.1, 0.15) is 0 Å². The van der Waals surface area contributed by atoms with E-state index in [1.807, 2.05) is 31.3 Å². The lowest BCUT2D eigenvalue weighted by Crippen LogP contribution is -2.25. The van der Waals surface area contributed by atoms with Crippen molar-refractivity contribution in [3.05, 3.63) is 27.8 Å². The zero-order valence-corrected chi connectivity index (χ0v) is 7.87. The van der Waals surface area contributed by atoms with Crippen LogP contribution in [-0.4, -0.2) is 7.05 Å². The lowest BCUT2D eigenvalue weighted by atomic mass is 10.3. The van der Waals surface area contributed by atoms with Crippen molar-refractivity contribution in [2.24, 2.45) is 5.84 Å². The number of nitrogens with zero attached hydrogens (tertiary/aromatic N) is 1. The Morgan fingerprint density at radius 3 is 2.40 bits per heavy atom. The Morgan fingerprint density at radius 1 is 1.40 bits per heavy atom. The number of anilines is 1. The summed E-state index contributed by atoms with van der Waals surface area (Å²) in [6, 6.07) is 7.98. The molecule has 2 nitrogen and oxygen atoms in total. The number of benzene rings is 1. The predicted molar refractivity (Wildman–Crippen MR) is 51.7 cm³/mol. The Bertz CT molecular complexity index is 223. The first-order valence-corrected chi connectivity index (χ1v) is 4.02. The number of para-hydroxylation sites is 1. The molecule has 3 heteroatoms. The highest BCUT2D eigenvalue weighted by atomic mass is 127. The average molecular weight is 248 g/mol. The van der Waals surface area contributed by atoms with Crippen LogP contribution in [0.3, 0.4) is 0 Å². The average Bonchev–Trinajstić information content (AvgIpc) is 1.88. The number of rotatable bonds is 1. The van der Waals surface area contributed by atoms with Gasteiger partial charge in [-0.15, -0.1) is 0 Å². The van der Waals surface area contributed by atoms with Gasteiger partial charge in [0, 0.05) is 10.6 Å². The lowest BCUT2D eigenvalue weighted by Gasteiger charge is -2.12. The predicted octanol–water partition coefficient (Wildman–Crippen LogP) is 1.60. The standard InChI is InChI=1S/C7H9IN2/c1-10(9)7-5-3-2-4-6(7)8/h2-5H,9H2,1H3. The summed E-state index contributed by atoms with van der Waals surface area (Å²) in [7, 11) is 1.83. The Labute approximate surface area is 74.1 Å². The molecule has 0 unspecified atom stereocenters. The fourth-order valence-electron chi connectivity index (χ4n) is 0.738. The Morgan fingerprint density at radius 2 is 2.00 bits per heavy atom. The van der Waals surface area contributed by atoms with Crippen molar-refractivity contribution < 1.29 is 0 Å². The van der Waals surface area contributed by atoms with E-state index in [0.29, 0.717) is 0 Å². The summed E-state index contributed by atoms with van der Waals surface area (Å²) in [5.74, 6) is 5.54. The smallest absolute Gasteiger partial charge is 0.0647 e. The second kappa shape index (κ2) is 3.21. The van der Waals surface area contributed by atoms with E-state index in [4.69, 9.17) is 5.84 Å². The first-order valence-electron chi connectivity index (χ1n) is 2.95. The molecule has 0 aliphatic rings. The second-order valence-electron chi connectivity index (χ2n) is 2.06. The molecule has 1 rings (SSSR count). The summed E-state index contributed by atoms with van der Waals surface area (Å²) in [6.45, 7) is 0. The van der Waals surface area contributed by atoms with Crippen LogP contribution < -0.4 is 10.9 Å². The van der Waals surface area contributed by atoms with Gasteiger partial charge >= 0.3 is 0 Å². The van der Waals surface area contributed by atoms with Gasteiger partial charge in [0.1, 0.15) is 0 Å². The first-order chi connectivity index (χ1) is 4.72. The molecule has 0 atom stereocenters. The van der Waals surface area contributed by atoms with Crippen molar-refractivity contribution in [1.82, 2.24) is 0 Å². The van der Waals surface area contributed by atoms with E-state index >= 15 is 0 Å². The van der Waals surface area contributed by atoms with Gasteiger partial charge in [0.05, 0.1) is 5.69 Å². The van der Waals surface area contributed by atoms with Gasteiger partial charge in [-0.05, 0) is 34.7 Å². The molecule has 0 heterocycles. The summed E-state index contributed by atoms with van der Waals surface area (Å²) in [5, 5.41) is 1.61. The van der Waals surface area contributed by atoms with E-state index in [-0.39, 0.29) is 0 Å². The van der Waals surface area contributed by atoms with Crippen LogP contribution in [0, 0.1) is 3.57 Å². The maximum atomic E-state index is 5.54. The third kappa shape index (κ3) is 1.60. The monoisotopic (exact) mass is 248 g/mol. The molecular weight excluding hydrogens is 239 g/mol. The van der Waals surface area contributed by atoms with Gasteiger partial charge in [-0.1, -0.05) is 12.1 Å². The molecule has 2 N–H and O–H groups in total. The van der Waals surface area contributed by atoms with Crippen molar-refractivity contribution in [2.45, 2.75) is 0 Å². The largest absolute Gasteiger partial charge is 0.313 e. The molecule has 0 bridgehead atoms. The summed E-state index contributed by atoms with van der Waals surface area (Å²) < 4.78 is 1.17. The van der Waals surface area contributed by atoms with Crippen LogP contribution in [0.15, 0.2) is 24.3 Å². The third-order valence-corrected chi connectivity index (χ3v) is 2.14. The quantitative estimate of drug-likeness (QED) is 0.464. The van der Waals surface area contributed by atoms with E-state index in [1.165, 1.54) is 3.57 Å². The molecule has 0 saturated carbocycles. The summed E-state index contributed by atoms with van der Waals surface area (Å²) in [4.78, 5) is 0. The highest BCUT2D eigenvalue weighted by Gasteiger charge is 1.97. The number of hydrazine groups is 1. The summed E-state index contributed by atoms with van der Waals surface area (Å²) in [6.07, 6.45) is 0. The number of hydrogen-bond acceptors (Lipinski definition) is 2. The van der Waals surface area contributed by atoms with Crippen molar-refractivity contribution >= 4 is 28.3 Å². The van der Waals surface area contributed by atoms with Gasteiger partial charge in [0.15, 0.2) is 0 Å². The number of halogens is 1. The molecule has 0 amide bonds. The fraction of sp³-hybridized carbons (Fsp3) is 0.143. The van der Waals surface area contributed by atoms with E-state index < -0.39 is 0 Å². The highest BCUT2D eigenvalue weighted by molar-refractivity contribution is 14.1. The fourth-order valence-corrected chi connectivity index (χ4v) is 1.51. The van der Waals surface area contributed by atoms with Crippen molar-refractivity contribution in [3.63, 3.8) is 0 Å². The minimum atomic E-state index is 1.06. The maximum Gasteiger partial charge on any atom is 0.0647 e. The van der Waals surface area contributed by atoms with Crippen LogP contribution in [0.4, 0.5) is 5.69 Å². The molecule has 10 heavy (non-hydrogen) atoms. The van der Waals surface area contributed by atoms with Gasteiger partial charge in [-0.2, -0.15) is 0 Å². The van der Waals surface area contributed by atoms with Crippen molar-refractivity contribution in [1.29, 1.82) is 0 Å². The zero-order chi connectivity index (χ0) is 7.56. The second-order valence-corrected chi connectivity index (χ2v) is 3.22. The Kier molecular flexibility index (Phi) is 2.50. The van der Waals surface area contributed by atoms with E-state index in [9.17, 15) is 0 Å². The van der Waals surface area contributed by atoms with Crippen LogP contribution in [0.25, 0.3) is 0 Å². The summed E-state index contributed by atoms with van der Waals surface area (Å²) in [5.41, 5.74) is 1.06. The van der Waals surface area contributed by atoms with E-state index in [2.05, 4.69) is 22.6 Å². The van der Waals surface area contributed by atoms with Gasteiger partial charge in [0.2, 0.25) is 0 Å². The maximum absolute atomic E-state index is 5.54. The molecule has 0 spiro atoms. The van der Waals surface area contributed by atoms with E-state index in [0.717, 1.165) is 5.69 Å². The molecule has 1 aromatic carbocycles. The van der Waals surface area contributed by atoms with Crippen LogP contribution >= 0.6 is 22.6 Å². The van der Waals surface area contributed by atoms with Crippen LogP contribution in [0.2, 0.25) is 0 Å². The number of hydrogen-bond donors (Lipinski definition) is 1. The molecule has 1 aromatic rings. The minimum absolute atomic E-state index is 1.06. The SMILES string of the molecule is CN(N)c1ccccc1I. The van der Waals surface area contributed by atoms with Crippen LogP contribution in [0.5, 0.6) is 0 Å². The van der Waals surface area contributed by atoms with Crippen molar-refractivity contribution in [3.8, 4) is 0 Å². The van der Waals surface area contributed by atoms with Gasteiger partial charge in [-0.3, -0.25) is 0 Å². The van der Waals surface area contributed by atoms with Gasteiger partial charge in [0.25, 0.3) is 0 Å². The minimum Gasteiger partial charge on any atom is -0.313 e. The lowest BCUT2D eigenvalue weighted by molar-refractivity contribution is 1.01. The molecule has 0 radical (unpaired) electrons. The normalized spacial score (nSPS) is 9.50. The topological polar surface area (TPSA) is 29.3 Å². The number of nitrogens with two attached hydrogens (primary N) is 1. The highest BCUT2D eigenvalue weighted by Crippen LogP contribution is 2.17. The van der Waals surface area contributed by atoms with Crippen LogP contribution in [-0.2, 0) is 0 Å². The molecule has 54 valence electrons. The van der Waals surface area contributed by atoms with Crippen molar-refractivity contribution in [2.75, 3.05) is 12.1 Å². The Hall–Kier alpha value is -0.290. The third-order valence-electron chi connectivity index (χ3n) is 1.23.